The van der Waals surface area contributed by atoms with E-state index in [9.17, 15) is 0 Å². The van der Waals surface area contributed by atoms with Crippen LogP contribution in [0, 0.1) is 0 Å². The molecule has 0 aliphatic carbocycles. The highest BCUT2D eigenvalue weighted by Crippen LogP contribution is 2.27. The molecule has 1 nitrogen and oxygen atoms in total. The maximum Gasteiger partial charge on any atom is 0.0554 e. The molecule has 2 rings (SSSR count). The summed E-state index contributed by atoms with van der Waals surface area (Å²) in [5.41, 5.74) is 11.7. The molecule has 1 unspecified atom stereocenters. The van der Waals surface area contributed by atoms with Crippen LogP contribution in [-0.4, -0.2) is 0 Å². The summed E-state index contributed by atoms with van der Waals surface area (Å²) in [5, 5.41) is 0. The number of benzene rings is 2. The highest BCUT2D eigenvalue weighted by atomic mass is 14.6. The standard InChI is InChI=1S/C19H25N/c1-5-14-8-6-7-9-17(14)18(20)15-10-12-16(13-11-15)19(2,3)4/h6-13,18H,5,20H2,1-4H3. The van der Waals surface area contributed by atoms with Crippen LogP contribution in [-0.2, 0) is 11.8 Å². The Morgan fingerprint density at radius 2 is 1.55 bits per heavy atom. The molecule has 2 aromatic carbocycles. The Morgan fingerprint density at radius 1 is 0.950 bits per heavy atom. The molecule has 0 fully saturated rings. The first-order valence-corrected chi connectivity index (χ1v) is 7.37. The molecular formula is C19H25N. The average molecular weight is 267 g/mol. The Morgan fingerprint density at radius 3 is 2.10 bits per heavy atom. The average Bonchev–Trinajstić information content (AvgIpc) is 2.45. The van der Waals surface area contributed by atoms with Gasteiger partial charge in [0.05, 0.1) is 6.04 Å². The number of nitrogens with two attached hydrogens (primary N) is 1. The van der Waals surface area contributed by atoms with Gasteiger partial charge < -0.3 is 5.73 Å². The smallest absolute Gasteiger partial charge is 0.0554 e. The van der Waals surface area contributed by atoms with Gasteiger partial charge in [-0.1, -0.05) is 76.2 Å². The Kier molecular flexibility index (Phi) is 4.29. The molecule has 0 saturated heterocycles. The van der Waals surface area contributed by atoms with Crippen LogP contribution in [0.3, 0.4) is 0 Å². The van der Waals surface area contributed by atoms with E-state index in [1.807, 2.05) is 0 Å². The van der Waals surface area contributed by atoms with Crippen molar-refractivity contribution in [3.8, 4) is 0 Å². The Hall–Kier alpha value is -1.60. The molecule has 0 aliphatic rings. The Balaban J connectivity index is 2.32. The van der Waals surface area contributed by atoms with Crippen molar-refractivity contribution in [2.24, 2.45) is 5.73 Å². The van der Waals surface area contributed by atoms with Gasteiger partial charge in [0.15, 0.2) is 0 Å². The van der Waals surface area contributed by atoms with E-state index in [1.165, 1.54) is 22.3 Å². The number of rotatable bonds is 3. The van der Waals surface area contributed by atoms with E-state index in [2.05, 4.69) is 76.2 Å². The molecular weight excluding hydrogens is 242 g/mol. The fraction of sp³-hybridized carbons (Fsp3) is 0.368. The van der Waals surface area contributed by atoms with Crippen molar-refractivity contribution in [2.45, 2.75) is 45.6 Å². The highest BCUT2D eigenvalue weighted by Gasteiger charge is 2.15. The summed E-state index contributed by atoms with van der Waals surface area (Å²) in [6.45, 7) is 8.87. The minimum atomic E-state index is -0.0415. The number of aryl methyl sites for hydroxylation is 1. The van der Waals surface area contributed by atoms with Crippen LogP contribution in [0.2, 0.25) is 0 Å². The third kappa shape index (κ3) is 3.10. The van der Waals surface area contributed by atoms with E-state index in [0.717, 1.165) is 6.42 Å². The Bertz CT molecular complexity index is 561. The van der Waals surface area contributed by atoms with Crippen molar-refractivity contribution >= 4 is 0 Å². The summed E-state index contributed by atoms with van der Waals surface area (Å²) in [6.07, 6.45) is 1.02. The minimum Gasteiger partial charge on any atom is -0.320 e. The van der Waals surface area contributed by atoms with Gasteiger partial charge in [-0.05, 0) is 34.1 Å². The van der Waals surface area contributed by atoms with Gasteiger partial charge in [-0.15, -0.1) is 0 Å². The quantitative estimate of drug-likeness (QED) is 0.864. The van der Waals surface area contributed by atoms with Gasteiger partial charge in [-0.25, -0.2) is 0 Å². The molecule has 1 heteroatoms. The largest absolute Gasteiger partial charge is 0.320 e. The molecule has 2 N–H and O–H groups in total. The second-order valence-corrected chi connectivity index (χ2v) is 6.40. The molecule has 106 valence electrons. The maximum atomic E-state index is 6.45. The zero-order valence-corrected chi connectivity index (χ0v) is 13.0. The zero-order valence-electron chi connectivity index (χ0n) is 13.0. The van der Waals surface area contributed by atoms with E-state index in [1.54, 1.807) is 0 Å². The first-order chi connectivity index (χ1) is 9.43. The van der Waals surface area contributed by atoms with Crippen molar-refractivity contribution in [3.05, 3.63) is 70.8 Å². The lowest BCUT2D eigenvalue weighted by Crippen LogP contribution is -2.15. The van der Waals surface area contributed by atoms with Gasteiger partial charge in [0.1, 0.15) is 0 Å². The molecule has 0 heterocycles. The maximum absolute atomic E-state index is 6.45. The van der Waals surface area contributed by atoms with E-state index in [4.69, 9.17) is 5.73 Å². The van der Waals surface area contributed by atoms with Crippen molar-refractivity contribution in [2.75, 3.05) is 0 Å². The number of hydrogen-bond donors (Lipinski definition) is 1. The molecule has 0 amide bonds. The summed E-state index contributed by atoms with van der Waals surface area (Å²) in [6, 6.07) is 17.1. The minimum absolute atomic E-state index is 0.0415. The topological polar surface area (TPSA) is 26.0 Å². The van der Waals surface area contributed by atoms with Crippen molar-refractivity contribution < 1.29 is 0 Å². The molecule has 1 atom stereocenters. The fourth-order valence-corrected chi connectivity index (χ4v) is 2.53. The van der Waals surface area contributed by atoms with E-state index in [-0.39, 0.29) is 11.5 Å². The summed E-state index contributed by atoms with van der Waals surface area (Å²) < 4.78 is 0. The van der Waals surface area contributed by atoms with E-state index < -0.39 is 0 Å². The van der Waals surface area contributed by atoms with Crippen molar-refractivity contribution in [1.29, 1.82) is 0 Å². The van der Waals surface area contributed by atoms with Crippen LogP contribution in [0.5, 0.6) is 0 Å². The monoisotopic (exact) mass is 267 g/mol. The summed E-state index contributed by atoms with van der Waals surface area (Å²) >= 11 is 0. The molecule has 20 heavy (non-hydrogen) atoms. The predicted octanol–water partition coefficient (Wildman–Crippen LogP) is 4.59. The van der Waals surface area contributed by atoms with Crippen molar-refractivity contribution in [1.82, 2.24) is 0 Å². The van der Waals surface area contributed by atoms with Gasteiger partial charge >= 0.3 is 0 Å². The van der Waals surface area contributed by atoms with Gasteiger partial charge in [0.25, 0.3) is 0 Å². The van der Waals surface area contributed by atoms with Crippen LogP contribution >= 0.6 is 0 Å². The summed E-state index contributed by atoms with van der Waals surface area (Å²) in [5.74, 6) is 0. The summed E-state index contributed by atoms with van der Waals surface area (Å²) in [4.78, 5) is 0. The van der Waals surface area contributed by atoms with E-state index in [0.29, 0.717) is 0 Å². The van der Waals surface area contributed by atoms with Crippen LogP contribution in [0.1, 0.15) is 56.0 Å². The first-order valence-electron chi connectivity index (χ1n) is 7.37. The molecule has 0 saturated carbocycles. The van der Waals surface area contributed by atoms with E-state index >= 15 is 0 Å². The SMILES string of the molecule is CCc1ccccc1C(N)c1ccc(C(C)(C)C)cc1. The highest BCUT2D eigenvalue weighted by molar-refractivity contribution is 5.38. The second kappa shape index (κ2) is 5.80. The number of hydrogen-bond acceptors (Lipinski definition) is 1. The van der Waals surface area contributed by atoms with Gasteiger partial charge in [-0.3, -0.25) is 0 Å². The molecule has 0 radical (unpaired) electrons. The molecule has 0 spiro atoms. The Labute approximate surface area is 122 Å². The summed E-state index contributed by atoms with van der Waals surface area (Å²) in [7, 11) is 0. The first kappa shape index (κ1) is 14.8. The lowest BCUT2D eigenvalue weighted by molar-refractivity contribution is 0.589. The van der Waals surface area contributed by atoms with Crippen LogP contribution < -0.4 is 5.73 Å². The molecule has 0 aromatic heterocycles. The van der Waals surface area contributed by atoms with Crippen LogP contribution in [0.15, 0.2) is 48.5 Å². The molecule has 0 aliphatic heterocycles. The molecule has 0 bridgehead atoms. The van der Waals surface area contributed by atoms with Gasteiger partial charge in [0, 0.05) is 0 Å². The van der Waals surface area contributed by atoms with Crippen LogP contribution in [0.25, 0.3) is 0 Å². The fourth-order valence-electron chi connectivity index (χ4n) is 2.53. The van der Waals surface area contributed by atoms with Crippen molar-refractivity contribution in [3.63, 3.8) is 0 Å². The second-order valence-electron chi connectivity index (χ2n) is 6.40. The van der Waals surface area contributed by atoms with Crippen LogP contribution in [0.4, 0.5) is 0 Å². The normalized spacial score (nSPS) is 13.2. The third-order valence-corrected chi connectivity index (χ3v) is 3.91. The predicted molar refractivity (Wildman–Crippen MR) is 87.0 cm³/mol. The van der Waals surface area contributed by atoms with Gasteiger partial charge in [-0.2, -0.15) is 0 Å². The third-order valence-electron chi connectivity index (χ3n) is 3.91. The molecule has 2 aromatic rings. The van der Waals surface area contributed by atoms with Gasteiger partial charge in [0.2, 0.25) is 0 Å². The zero-order chi connectivity index (χ0) is 14.8. The lowest BCUT2D eigenvalue weighted by atomic mass is 9.85. The lowest BCUT2D eigenvalue weighted by Gasteiger charge is -2.21.